The first-order valence-electron chi connectivity index (χ1n) is 8.12. The van der Waals surface area contributed by atoms with Gasteiger partial charge in [0.1, 0.15) is 18.4 Å². The molecule has 2 aliphatic heterocycles. The number of carbonyl (C=O) groups excluding carboxylic acids is 1. The second kappa shape index (κ2) is 7.60. The lowest BCUT2D eigenvalue weighted by Crippen LogP contribution is -2.47. The second-order valence-corrected chi connectivity index (χ2v) is 7.04. The standard InChI is InChI=1S/C17H19Cl2N3O2/c18-11-3-6-16(14(19)8-11)24-10-12-4-5-15(21-12)17(23)22-7-1-2-13(22)9-20/h3,6,8,12-13,15,21H,1-2,4-5,7,10H2/t12-,13+,15+/m1/s1. The molecule has 3 rings (SSSR count). The molecule has 2 heterocycles. The lowest BCUT2D eigenvalue weighted by Gasteiger charge is -2.24. The number of benzene rings is 1. The van der Waals surface area contributed by atoms with E-state index in [2.05, 4.69) is 11.4 Å². The average molecular weight is 368 g/mol. The van der Waals surface area contributed by atoms with Gasteiger partial charge < -0.3 is 9.64 Å². The van der Waals surface area contributed by atoms with Crippen molar-refractivity contribution in [3.05, 3.63) is 28.2 Å². The molecule has 0 aromatic heterocycles. The van der Waals surface area contributed by atoms with Crippen LogP contribution in [0, 0.1) is 11.3 Å². The Labute approximate surface area is 151 Å². The molecule has 1 N–H and O–H groups in total. The number of likely N-dealkylation sites (tertiary alicyclic amines) is 1. The number of halogens is 2. The number of hydrogen-bond acceptors (Lipinski definition) is 4. The summed E-state index contributed by atoms with van der Waals surface area (Å²) < 4.78 is 5.74. The summed E-state index contributed by atoms with van der Waals surface area (Å²) in [5, 5.41) is 13.5. The summed E-state index contributed by atoms with van der Waals surface area (Å²) in [5.41, 5.74) is 0. The van der Waals surface area contributed by atoms with E-state index < -0.39 is 0 Å². The number of amides is 1. The van der Waals surface area contributed by atoms with Crippen LogP contribution in [0.1, 0.15) is 25.7 Å². The van der Waals surface area contributed by atoms with E-state index in [9.17, 15) is 4.79 Å². The molecule has 1 amide bonds. The summed E-state index contributed by atoms with van der Waals surface area (Å²) in [6, 6.07) is 6.91. The first-order valence-corrected chi connectivity index (χ1v) is 8.88. The molecule has 0 radical (unpaired) electrons. The minimum Gasteiger partial charge on any atom is -0.490 e. The SMILES string of the molecule is N#C[C@@H]1CCCN1C(=O)[C@@H]1CC[C@H](COc2ccc(Cl)cc2Cl)N1. The maximum Gasteiger partial charge on any atom is 0.240 e. The summed E-state index contributed by atoms with van der Waals surface area (Å²) in [6.07, 6.45) is 3.29. The molecule has 0 saturated carbocycles. The van der Waals surface area contributed by atoms with Gasteiger partial charge in [0.15, 0.2) is 0 Å². The van der Waals surface area contributed by atoms with Crippen LogP contribution in [-0.4, -0.2) is 42.1 Å². The molecular formula is C17H19Cl2N3O2. The lowest BCUT2D eigenvalue weighted by molar-refractivity contribution is -0.133. The number of ether oxygens (including phenoxy) is 1. The minimum atomic E-state index is -0.275. The zero-order valence-corrected chi connectivity index (χ0v) is 14.7. The molecule has 1 aromatic rings. The molecule has 0 bridgehead atoms. The Kier molecular flexibility index (Phi) is 5.50. The normalized spacial score (nSPS) is 26.4. The van der Waals surface area contributed by atoms with Crippen LogP contribution in [0.25, 0.3) is 0 Å². The van der Waals surface area contributed by atoms with Gasteiger partial charge in [-0.15, -0.1) is 0 Å². The Hall–Kier alpha value is -1.48. The molecule has 7 heteroatoms. The van der Waals surface area contributed by atoms with E-state index in [0.29, 0.717) is 28.9 Å². The Bertz CT molecular complexity index is 662. The van der Waals surface area contributed by atoms with Crippen LogP contribution in [-0.2, 0) is 4.79 Å². The van der Waals surface area contributed by atoms with Crippen LogP contribution in [0.2, 0.25) is 10.0 Å². The molecule has 2 saturated heterocycles. The molecule has 3 atom stereocenters. The Balaban J connectivity index is 1.52. The third-order valence-electron chi connectivity index (χ3n) is 4.56. The second-order valence-electron chi connectivity index (χ2n) is 6.20. The molecule has 128 valence electrons. The molecule has 2 fully saturated rings. The number of nitrogens with one attached hydrogen (secondary N) is 1. The predicted molar refractivity (Wildman–Crippen MR) is 92.3 cm³/mol. The van der Waals surface area contributed by atoms with E-state index in [1.807, 2.05) is 0 Å². The zero-order valence-electron chi connectivity index (χ0n) is 13.2. The molecule has 1 aromatic carbocycles. The van der Waals surface area contributed by atoms with E-state index in [1.165, 1.54) is 0 Å². The average Bonchev–Trinajstić information content (AvgIpc) is 3.22. The van der Waals surface area contributed by atoms with Crippen molar-refractivity contribution < 1.29 is 9.53 Å². The Morgan fingerprint density at radius 1 is 1.38 bits per heavy atom. The van der Waals surface area contributed by atoms with Crippen molar-refractivity contribution in [3.8, 4) is 11.8 Å². The molecule has 0 spiro atoms. The monoisotopic (exact) mass is 367 g/mol. The van der Waals surface area contributed by atoms with Crippen LogP contribution < -0.4 is 10.1 Å². The molecule has 2 aliphatic rings. The van der Waals surface area contributed by atoms with Gasteiger partial charge in [-0.05, 0) is 43.9 Å². The highest BCUT2D eigenvalue weighted by Gasteiger charge is 2.36. The number of rotatable bonds is 4. The maximum absolute atomic E-state index is 12.6. The fourth-order valence-corrected chi connectivity index (χ4v) is 3.76. The van der Waals surface area contributed by atoms with Gasteiger partial charge in [0.25, 0.3) is 0 Å². The number of hydrogen-bond donors (Lipinski definition) is 1. The van der Waals surface area contributed by atoms with E-state index in [1.54, 1.807) is 23.1 Å². The largest absolute Gasteiger partial charge is 0.490 e. The number of carbonyl (C=O) groups is 1. The van der Waals surface area contributed by atoms with E-state index in [-0.39, 0.29) is 24.0 Å². The summed E-state index contributed by atoms with van der Waals surface area (Å²) in [7, 11) is 0. The molecule has 0 aliphatic carbocycles. The summed E-state index contributed by atoms with van der Waals surface area (Å²) in [5.74, 6) is 0.618. The Morgan fingerprint density at radius 3 is 2.96 bits per heavy atom. The first-order chi connectivity index (χ1) is 11.6. The molecule has 5 nitrogen and oxygen atoms in total. The topological polar surface area (TPSA) is 65.4 Å². The van der Waals surface area contributed by atoms with Crippen molar-refractivity contribution in [3.63, 3.8) is 0 Å². The molecule has 0 unspecified atom stereocenters. The zero-order chi connectivity index (χ0) is 17.1. The third-order valence-corrected chi connectivity index (χ3v) is 5.09. The van der Waals surface area contributed by atoms with Gasteiger partial charge in [0.2, 0.25) is 5.91 Å². The van der Waals surface area contributed by atoms with E-state index in [0.717, 1.165) is 25.7 Å². The van der Waals surface area contributed by atoms with Gasteiger partial charge in [-0.3, -0.25) is 10.1 Å². The van der Waals surface area contributed by atoms with Gasteiger partial charge >= 0.3 is 0 Å². The quantitative estimate of drug-likeness (QED) is 0.887. The third kappa shape index (κ3) is 3.77. The highest BCUT2D eigenvalue weighted by atomic mass is 35.5. The van der Waals surface area contributed by atoms with Gasteiger partial charge in [0.05, 0.1) is 17.1 Å². The van der Waals surface area contributed by atoms with E-state index in [4.69, 9.17) is 33.2 Å². The number of nitriles is 1. The highest BCUT2D eigenvalue weighted by molar-refractivity contribution is 6.35. The van der Waals surface area contributed by atoms with Gasteiger partial charge in [-0.1, -0.05) is 23.2 Å². The minimum absolute atomic E-state index is 0.0334. The fraction of sp³-hybridized carbons (Fsp3) is 0.529. The Morgan fingerprint density at radius 2 is 2.21 bits per heavy atom. The van der Waals surface area contributed by atoms with Gasteiger partial charge in [-0.25, -0.2) is 0 Å². The van der Waals surface area contributed by atoms with Crippen molar-refractivity contribution >= 4 is 29.1 Å². The van der Waals surface area contributed by atoms with Crippen LogP contribution in [0.15, 0.2) is 18.2 Å². The van der Waals surface area contributed by atoms with Gasteiger partial charge in [0, 0.05) is 17.6 Å². The van der Waals surface area contributed by atoms with Gasteiger partial charge in [-0.2, -0.15) is 5.26 Å². The van der Waals surface area contributed by atoms with E-state index >= 15 is 0 Å². The van der Waals surface area contributed by atoms with Crippen molar-refractivity contribution in [1.29, 1.82) is 5.26 Å². The summed E-state index contributed by atoms with van der Waals surface area (Å²) >= 11 is 12.0. The fourth-order valence-electron chi connectivity index (χ4n) is 3.29. The van der Waals surface area contributed by atoms with Crippen LogP contribution in [0.4, 0.5) is 0 Å². The lowest BCUT2D eigenvalue weighted by atomic mass is 10.1. The summed E-state index contributed by atoms with van der Waals surface area (Å²) in [4.78, 5) is 14.3. The highest BCUT2D eigenvalue weighted by Crippen LogP contribution is 2.28. The maximum atomic E-state index is 12.6. The number of nitrogens with zero attached hydrogens (tertiary/aromatic N) is 2. The van der Waals surface area contributed by atoms with Crippen molar-refractivity contribution in [1.82, 2.24) is 10.2 Å². The van der Waals surface area contributed by atoms with Crippen LogP contribution in [0.5, 0.6) is 5.75 Å². The first kappa shape index (κ1) is 17.3. The summed E-state index contributed by atoms with van der Waals surface area (Å²) in [6.45, 7) is 1.11. The van der Waals surface area contributed by atoms with Crippen molar-refractivity contribution in [2.24, 2.45) is 0 Å². The van der Waals surface area contributed by atoms with Crippen LogP contribution >= 0.6 is 23.2 Å². The smallest absolute Gasteiger partial charge is 0.240 e. The molecule has 24 heavy (non-hydrogen) atoms. The van der Waals surface area contributed by atoms with Crippen molar-refractivity contribution in [2.75, 3.05) is 13.2 Å². The predicted octanol–water partition coefficient (Wildman–Crippen LogP) is 3.01. The van der Waals surface area contributed by atoms with Crippen LogP contribution in [0.3, 0.4) is 0 Å². The van der Waals surface area contributed by atoms with Crippen molar-refractivity contribution in [2.45, 2.75) is 43.8 Å². The molecular weight excluding hydrogens is 349 g/mol.